The third-order valence-corrected chi connectivity index (χ3v) is 11.0. The van der Waals surface area contributed by atoms with Crippen LogP contribution in [0.5, 0.6) is 0 Å². The third kappa shape index (κ3) is 10.8. The molecule has 0 unspecified atom stereocenters. The SMILES string of the molecule is CC(C)OCC[C@@H](N[C@@](COC(C)C)(CS(=O)(=O)Cc1cnc2ccccc2c1)NCC#N)S(=O)(=O)Cc1cnc2ccccc2c1. The van der Waals surface area contributed by atoms with Crippen LogP contribution >= 0.6 is 0 Å². The highest BCUT2D eigenvalue weighted by Crippen LogP contribution is 2.22. The lowest BCUT2D eigenvalue weighted by atomic mass is 10.2. The summed E-state index contributed by atoms with van der Waals surface area (Å²) in [6.07, 6.45) is 2.62. The van der Waals surface area contributed by atoms with Crippen molar-refractivity contribution in [2.24, 2.45) is 0 Å². The first-order valence-electron chi connectivity index (χ1n) is 15.5. The number of hydrogen-bond donors (Lipinski definition) is 2. The molecule has 47 heavy (non-hydrogen) atoms. The van der Waals surface area contributed by atoms with Gasteiger partial charge in [-0.1, -0.05) is 36.4 Å². The molecular formula is C34H43N5O6S2. The number of hydrogen-bond acceptors (Lipinski definition) is 11. The topological polar surface area (TPSA) is 160 Å². The van der Waals surface area contributed by atoms with Crippen molar-refractivity contribution < 1.29 is 26.3 Å². The highest BCUT2D eigenvalue weighted by Gasteiger charge is 2.41. The minimum Gasteiger partial charge on any atom is -0.379 e. The van der Waals surface area contributed by atoms with Crippen molar-refractivity contribution in [3.63, 3.8) is 0 Å². The summed E-state index contributed by atoms with van der Waals surface area (Å²) in [5.41, 5.74) is 0.821. The molecule has 2 N–H and O–H groups in total. The van der Waals surface area contributed by atoms with E-state index in [1.165, 1.54) is 12.4 Å². The Bertz CT molecular complexity index is 1910. The summed E-state index contributed by atoms with van der Waals surface area (Å²) in [4.78, 5) is 8.82. The minimum absolute atomic E-state index is 0.0217. The number of para-hydroxylation sites is 2. The van der Waals surface area contributed by atoms with Crippen LogP contribution in [0.25, 0.3) is 21.8 Å². The number of nitrogens with zero attached hydrogens (tertiary/aromatic N) is 3. The summed E-state index contributed by atoms with van der Waals surface area (Å²) < 4.78 is 67.7. The van der Waals surface area contributed by atoms with Gasteiger partial charge in [-0.05, 0) is 63.1 Å². The van der Waals surface area contributed by atoms with Gasteiger partial charge in [0.2, 0.25) is 0 Å². The molecule has 11 nitrogen and oxygen atoms in total. The van der Waals surface area contributed by atoms with Crippen molar-refractivity contribution in [3.8, 4) is 6.07 Å². The van der Waals surface area contributed by atoms with Crippen LogP contribution in [0.1, 0.15) is 45.2 Å². The van der Waals surface area contributed by atoms with Gasteiger partial charge in [-0.2, -0.15) is 5.26 Å². The van der Waals surface area contributed by atoms with Gasteiger partial charge >= 0.3 is 0 Å². The van der Waals surface area contributed by atoms with E-state index in [4.69, 9.17) is 9.47 Å². The number of ether oxygens (including phenoxy) is 2. The molecule has 2 atom stereocenters. The summed E-state index contributed by atoms with van der Waals surface area (Å²) in [5, 5.41) is 16.0. The predicted molar refractivity (Wildman–Crippen MR) is 184 cm³/mol. The molecule has 2 heterocycles. The van der Waals surface area contributed by atoms with E-state index < -0.39 is 36.5 Å². The van der Waals surface area contributed by atoms with Crippen LogP contribution in [0.2, 0.25) is 0 Å². The molecule has 0 aliphatic carbocycles. The Morgan fingerprint density at radius 2 is 1.38 bits per heavy atom. The summed E-state index contributed by atoms with van der Waals surface area (Å²) in [6, 6.07) is 20.4. The van der Waals surface area contributed by atoms with Gasteiger partial charge < -0.3 is 9.47 Å². The van der Waals surface area contributed by atoms with Crippen LogP contribution in [-0.2, 0) is 40.7 Å². The van der Waals surface area contributed by atoms with Crippen LogP contribution in [0, 0.1) is 11.3 Å². The maximum atomic E-state index is 14.1. The summed E-state index contributed by atoms with van der Waals surface area (Å²) in [7, 11) is -7.93. The second kappa shape index (κ2) is 16.1. The van der Waals surface area contributed by atoms with Gasteiger partial charge in [0.1, 0.15) is 11.0 Å². The van der Waals surface area contributed by atoms with E-state index in [9.17, 15) is 22.1 Å². The molecule has 0 saturated heterocycles. The standard InChI is InChI=1S/C34H43N5O6S2/c1-25(2)44-16-13-33(47(42,43)22-28-18-30-10-6-8-12-32(30)37-20-28)39-34(38-15-14-35,23-45-26(3)4)24-46(40,41)21-27-17-29-9-5-7-11-31(29)36-19-27/h5-12,17-20,25-26,33,38-39H,13,15-16,21-24H2,1-4H3/t33-,34-/m0/s1. The van der Waals surface area contributed by atoms with E-state index in [0.29, 0.717) is 11.1 Å². The fourth-order valence-electron chi connectivity index (χ4n) is 5.26. The maximum Gasteiger partial charge on any atom is 0.170 e. The zero-order valence-corrected chi connectivity index (χ0v) is 28.9. The van der Waals surface area contributed by atoms with E-state index >= 15 is 0 Å². The summed E-state index contributed by atoms with van der Waals surface area (Å²) in [6.45, 7) is 6.90. The number of fused-ring (bicyclic) bond motifs is 2. The van der Waals surface area contributed by atoms with E-state index in [1.54, 1.807) is 26.0 Å². The second-order valence-corrected chi connectivity index (χ2v) is 16.5. The van der Waals surface area contributed by atoms with Crippen LogP contribution in [0.4, 0.5) is 0 Å². The number of rotatable bonds is 18. The first-order valence-corrected chi connectivity index (χ1v) is 19.1. The predicted octanol–water partition coefficient (Wildman–Crippen LogP) is 4.28. The molecule has 0 fully saturated rings. The molecule has 2 aromatic carbocycles. The Morgan fingerprint density at radius 1 is 0.830 bits per heavy atom. The highest BCUT2D eigenvalue weighted by molar-refractivity contribution is 7.91. The first-order chi connectivity index (χ1) is 22.3. The maximum absolute atomic E-state index is 14.1. The molecule has 0 spiro atoms. The van der Waals surface area contributed by atoms with E-state index in [1.807, 2.05) is 68.4 Å². The summed E-state index contributed by atoms with van der Waals surface area (Å²) in [5.74, 6) is -1.25. The van der Waals surface area contributed by atoms with E-state index in [0.717, 1.165) is 21.8 Å². The first kappa shape index (κ1) is 36.3. The number of sulfone groups is 2. The Balaban J connectivity index is 1.69. The lowest BCUT2D eigenvalue weighted by Crippen LogP contribution is -2.68. The highest BCUT2D eigenvalue weighted by atomic mass is 32.2. The Kier molecular flexibility index (Phi) is 12.4. The fourth-order valence-corrected chi connectivity index (χ4v) is 8.73. The monoisotopic (exact) mass is 681 g/mol. The zero-order valence-electron chi connectivity index (χ0n) is 27.2. The minimum atomic E-state index is -3.99. The van der Waals surface area contributed by atoms with Crippen molar-refractivity contribution >= 4 is 41.5 Å². The Morgan fingerprint density at radius 3 is 1.94 bits per heavy atom. The summed E-state index contributed by atoms with van der Waals surface area (Å²) >= 11 is 0. The van der Waals surface area contributed by atoms with Gasteiger partial charge in [0.25, 0.3) is 0 Å². The molecular weight excluding hydrogens is 639 g/mol. The number of nitrogens with one attached hydrogen (secondary N) is 2. The molecule has 0 bridgehead atoms. The lowest BCUT2D eigenvalue weighted by Gasteiger charge is -2.38. The molecule has 0 amide bonds. The molecule has 252 valence electrons. The van der Waals surface area contributed by atoms with Gasteiger partial charge in [-0.3, -0.25) is 20.6 Å². The average Bonchev–Trinajstić information content (AvgIpc) is 3.01. The largest absolute Gasteiger partial charge is 0.379 e. The Hall–Kier alpha value is -3.51. The molecule has 0 aliphatic rings. The molecule has 0 aliphatic heterocycles. The van der Waals surface area contributed by atoms with E-state index in [2.05, 4.69) is 20.6 Å². The molecule has 2 aromatic heterocycles. The van der Waals surface area contributed by atoms with Gasteiger partial charge in [0.15, 0.2) is 19.7 Å². The van der Waals surface area contributed by atoms with Crippen LogP contribution in [0.3, 0.4) is 0 Å². The van der Waals surface area contributed by atoms with Gasteiger partial charge in [0, 0.05) is 36.2 Å². The van der Waals surface area contributed by atoms with Crippen molar-refractivity contribution in [1.82, 2.24) is 20.6 Å². The quantitative estimate of drug-likeness (QED) is 0.114. The number of pyridine rings is 2. The van der Waals surface area contributed by atoms with Gasteiger partial charge in [0.05, 0.1) is 59.7 Å². The van der Waals surface area contributed by atoms with Crippen LogP contribution < -0.4 is 10.6 Å². The van der Waals surface area contributed by atoms with Gasteiger partial charge in [-0.15, -0.1) is 0 Å². The molecule has 13 heteroatoms. The normalized spacial score (nSPS) is 14.4. The smallest absolute Gasteiger partial charge is 0.170 e. The van der Waals surface area contributed by atoms with Crippen molar-refractivity contribution in [3.05, 3.63) is 84.2 Å². The number of nitriles is 1. The third-order valence-electron chi connectivity index (χ3n) is 7.39. The van der Waals surface area contributed by atoms with E-state index in [-0.39, 0.29) is 49.9 Å². The number of aromatic nitrogens is 2. The second-order valence-electron chi connectivity index (χ2n) is 12.2. The zero-order chi connectivity index (χ0) is 34.1. The molecule has 4 aromatic rings. The van der Waals surface area contributed by atoms with Crippen molar-refractivity contribution in [2.45, 2.75) is 68.9 Å². The fraction of sp³-hybridized carbons (Fsp3) is 0.441. The number of benzene rings is 2. The molecule has 4 rings (SSSR count). The average molecular weight is 682 g/mol. The van der Waals surface area contributed by atoms with Crippen LogP contribution in [0.15, 0.2) is 73.1 Å². The van der Waals surface area contributed by atoms with Crippen molar-refractivity contribution in [1.29, 1.82) is 5.26 Å². The lowest BCUT2D eigenvalue weighted by molar-refractivity contribution is 0.0194. The Labute approximate surface area is 277 Å². The molecule has 0 radical (unpaired) electrons. The van der Waals surface area contributed by atoms with Gasteiger partial charge in [-0.25, -0.2) is 16.8 Å². The molecule has 0 saturated carbocycles. The van der Waals surface area contributed by atoms with Crippen molar-refractivity contribution in [2.75, 3.05) is 25.5 Å². The van der Waals surface area contributed by atoms with Crippen LogP contribution in [-0.4, -0.2) is 75.6 Å².